The standard InChI is InChI=1S/C9H14O2/c1-9(11-2)5-6-3-4-7(9)8(6)10/h6-7H,3-5H2,1-2H3. The lowest BCUT2D eigenvalue weighted by Gasteiger charge is -2.30. The number of hydrogen-bond acceptors (Lipinski definition) is 2. The number of ketones is 1. The summed E-state index contributed by atoms with van der Waals surface area (Å²) in [7, 11) is 1.72. The summed E-state index contributed by atoms with van der Waals surface area (Å²) in [5.74, 6) is 0.983. The van der Waals surface area contributed by atoms with E-state index in [2.05, 4.69) is 6.92 Å². The van der Waals surface area contributed by atoms with Crippen molar-refractivity contribution in [3.05, 3.63) is 0 Å². The van der Waals surface area contributed by atoms with Gasteiger partial charge < -0.3 is 4.74 Å². The third-order valence-corrected chi connectivity index (χ3v) is 3.40. The molecule has 2 fully saturated rings. The van der Waals surface area contributed by atoms with E-state index in [4.69, 9.17) is 4.74 Å². The van der Waals surface area contributed by atoms with Crippen molar-refractivity contribution in [2.45, 2.75) is 31.8 Å². The number of ether oxygens (including phenoxy) is 1. The zero-order valence-electron chi connectivity index (χ0n) is 7.09. The van der Waals surface area contributed by atoms with E-state index >= 15 is 0 Å². The molecule has 3 atom stereocenters. The van der Waals surface area contributed by atoms with Gasteiger partial charge in [0.05, 0.1) is 5.60 Å². The summed E-state index contributed by atoms with van der Waals surface area (Å²) in [6, 6.07) is 0. The Hall–Kier alpha value is -0.370. The maximum absolute atomic E-state index is 11.5. The molecule has 0 heterocycles. The van der Waals surface area contributed by atoms with Crippen LogP contribution in [0.5, 0.6) is 0 Å². The molecule has 0 N–H and O–H groups in total. The van der Waals surface area contributed by atoms with Crippen LogP contribution in [0.3, 0.4) is 0 Å². The van der Waals surface area contributed by atoms with Crippen molar-refractivity contribution in [3.8, 4) is 0 Å². The molecule has 0 aliphatic heterocycles. The van der Waals surface area contributed by atoms with Gasteiger partial charge in [0.15, 0.2) is 0 Å². The second-order valence-corrected chi connectivity index (χ2v) is 3.95. The summed E-state index contributed by atoms with van der Waals surface area (Å²) in [6.45, 7) is 2.06. The first kappa shape index (κ1) is 7.29. The SMILES string of the molecule is COC1(C)CC2CCC1C2=O. The van der Waals surface area contributed by atoms with Crippen LogP contribution in [0.2, 0.25) is 0 Å². The van der Waals surface area contributed by atoms with Crippen LogP contribution in [0.1, 0.15) is 26.2 Å². The Morgan fingerprint density at radius 3 is 2.55 bits per heavy atom. The first-order chi connectivity index (χ1) is 5.17. The molecule has 0 aromatic carbocycles. The van der Waals surface area contributed by atoms with E-state index in [0.717, 1.165) is 19.3 Å². The van der Waals surface area contributed by atoms with Crippen LogP contribution in [0.4, 0.5) is 0 Å². The van der Waals surface area contributed by atoms with Crippen LogP contribution in [0.15, 0.2) is 0 Å². The molecule has 3 unspecified atom stereocenters. The molecule has 0 aromatic rings. The van der Waals surface area contributed by atoms with Crippen molar-refractivity contribution in [1.82, 2.24) is 0 Å². The van der Waals surface area contributed by atoms with E-state index in [1.807, 2.05) is 0 Å². The van der Waals surface area contributed by atoms with Crippen LogP contribution < -0.4 is 0 Å². The zero-order valence-corrected chi connectivity index (χ0v) is 7.09. The summed E-state index contributed by atoms with van der Waals surface area (Å²) in [5, 5.41) is 0. The van der Waals surface area contributed by atoms with Crippen molar-refractivity contribution in [3.63, 3.8) is 0 Å². The highest BCUT2D eigenvalue weighted by Gasteiger charge is 2.54. The number of methoxy groups -OCH3 is 1. The van der Waals surface area contributed by atoms with Gasteiger partial charge >= 0.3 is 0 Å². The van der Waals surface area contributed by atoms with Gasteiger partial charge in [-0.25, -0.2) is 0 Å². The molecule has 0 spiro atoms. The van der Waals surface area contributed by atoms with Gasteiger partial charge in [0, 0.05) is 18.9 Å². The molecule has 0 aromatic heterocycles. The quantitative estimate of drug-likeness (QED) is 0.570. The molecular weight excluding hydrogens is 140 g/mol. The van der Waals surface area contributed by atoms with Gasteiger partial charge in [0.1, 0.15) is 5.78 Å². The molecule has 62 valence electrons. The molecule has 2 heteroatoms. The second-order valence-electron chi connectivity index (χ2n) is 3.95. The summed E-state index contributed by atoms with van der Waals surface area (Å²) in [6.07, 6.45) is 3.10. The lowest BCUT2D eigenvalue weighted by Crippen LogP contribution is -2.34. The molecule has 11 heavy (non-hydrogen) atoms. The van der Waals surface area contributed by atoms with Crippen LogP contribution in [-0.4, -0.2) is 18.5 Å². The van der Waals surface area contributed by atoms with E-state index in [1.165, 1.54) is 0 Å². The fraction of sp³-hybridized carbons (Fsp3) is 0.889. The fourth-order valence-corrected chi connectivity index (χ4v) is 2.60. The summed E-state index contributed by atoms with van der Waals surface area (Å²) in [5.41, 5.74) is -0.125. The molecule has 0 amide bonds. The van der Waals surface area contributed by atoms with Crippen LogP contribution in [0.25, 0.3) is 0 Å². The van der Waals surface area contributed by atoms with Crippen LogP contribution in [0, 0.1) is 11.8 Å². The van der Waals surface area contributed by atoms with Crippen molar-refractivity contribution in [2.75, 3.05) is 7.11 Å². The number of rotatable bonds is 1. The van der Waals surface area contributed by atoms with Gasteiger partial charge in [-0.05, 0) is 26.2 Å². The minimum atomic E-state index is -0.125. The van der Waals surface area contributed by atoms with E-state index < -0.39 is 0 Å². The molecule has 0 saturated heterocycles. The predicted molar refractivity (Wildman–Crippen MR) is 41.3 cm³/mol. The fourth-order valence-electron chi connectivity index (χ4n) is 2.60. The Balaban J connectivity index is 2.27. The molecule has 2 aliphatic rings. The Labute approximate surface area is 66.9 Å². The Kier molecular flexibility index (Phi) is 1.37. The first-order valence-electron chi connectivity index (χ1n) is 4.26. The highest BCUT2D eigenvalue weighted by atomic mass is 16.5. The number of hydrogen-bond donors (Lipinski definition) is 0. The number of Topliss-reactive ketones (excluding diaryl/α,β-unsaturated/α-hetero) is 1. The smallest absolute Gasteiger partial charge is 0.142 e. The maximum Gasteiger partial charge on any atom is 0.142 e. The Morgan fingerprint density at radius 1 is 1.55 bits per heavy atom. The van der Waals surface area contributed by atoms with Crippen LogP contribution in [-0.2, 0) is 9.53 Å². The molecule has 2 aliphatic carbocycles. The molecular formula is C9H14O2. The van der Waals surface area contributed by atoms with Gasteiger partial charge in [-0.15, -0.1) is 0 Å². The van der Waals surface area contributed by atoms with Crippen LogP contribution >= 0.6 is 0 Å². The third kappa shape index (κ3) is 0.791. The lowest BCUT2D eigenvalue weighted by molar-refractivity contribution is -0.124. The molecule has 2 saturated carbocycles. The van der Waals surface area contributed by atoms with Gasteiger partial charge in [0.25, 0.3) is 0 Å². The lowest BCUT2D eigenvalue weighted by atomic mass is 9.86. The average Bonchev–Trinajstić information content (AvgIpc) is 2.44. The first-order valence-corrected chi connectivity index (χ1v) is 4.26. The minimum Gasteiger partial charge on any atom is -0.378 e. The topological polar surface area (TPSA) is 26.3 Å². The van der Waals surface area contributed by atoms with Crippen molar-refractivity contribution in [1.29, 1.82) is 0 Å². The zero-order chi connectivity index (χ0) is 8.06. The Morgan fingerprint density at radius 2 is 2.27 bits per heavy atom. The van der Waals surface area contributed by atoms with Crippen molar-refractivity contribution < 1.29 is 9.53 Å². The summed E-state index contributed by atoms with van der Waals surface area (Å²) >= 11 is 0. The van der Waals surface area contributed by atoms with Gasteiger partial charge in [-0.3, -0.25) is 4.79 Å². The maximum atomic E-state index is 11.5. The molecule has 0 radical (unpaired) electrons. The van der Waals surface area contributed by atoms with E-state index in [9.17, 15) is 4.79 Å². The number of carbonyl (C=O) groups excluding carboxylic acids is 1. The Bertz CT molecular complexity index is 200. The second kappa shape index (κ2) is 2.07. The van der Waals surface area contributed by atoms with Crippen molar-refractivity contribution >= 4 is 5.78 Å². The average molecular weight is 154 g/mol. The van der Waals surface area contributed by atoms with Gasteiger partial charge in [-0.2, -0.15) is 0 Å². The van der Waals surface area contributed by atoms with Gasteiger partial charge in [0.2, 0.25) is 0 Å². The molecule has 2 nitrogen and oxygen atoms in total. The largest absolute Gasteiger partial charge is 0.378 e. The van der Waals surface area contributed by atoms with Gasteiger partial charge in [-0.1, -0.05) is 0 Å². The van der Waals surface area contributed by atoms with E-state index in [0.29, 0.717) is 11.7 Å². The predicted octanol–water partition coefficient (Wildman–Crippen LogP) is 1.39. The monoisotopic (exact) mass is 154 g/mol. The summed E-state index contributed by atoms with van der Waals surface area (Å²) in [4.78, 5) is 11.5. The third-order valence-electron chi connectivity index (χ3n) is 3.40. The van der Waals surface area contributed by atoms with E-state index in [1.54, 1.807) is 7.11 Å². The van der Waals surface area contributed by atoms with E-state index in [-0.39, 0.29) is 11.5 Å². The normalized spacial score (nSPS) is 48.7. The number of fused-ring (bicyclic) bond motifs is 2. The molecule has 2 bridgehead atoms. The number of carbonyl (C=O) groups is 1. The highest BCUT2D eigenvalue weighted by Crippen LogP contribution is 2.49. The highest BCUT2D eigenvalue weighted by molar-refractivity contribution is 5.89. The van der Waals surface area contributed by atoms with Crippen molar-refractivity contribution in [2.24, 2.45) is 11.8 Å². The minimum absolute atomic E-state index is 0.125. The summed E-state index contributed by atoms with van der Waals surface area (Å²) < 4.78 is 5.38. The molecule has 2 rings (SSSR count).